The third-order valence-corrected chi connectivity index (χ3v) is 3.94. The highest BCUT2D eigenvalue weighted by Crippen LogP contribution is 2.41. The van der Waals surface area contributed by atoms with Crippen molar-refractivity contribution >= 4 is 21.9 Å². The minimum absolute atomic E-state index is 0.0785. The first-order chi connectivity index (χ1) is 12.3. The van der Waals surface area contributed by atoms with Crippen molar-refractivity contribution in [1.82, 2.24) is 0 Å². The quantitative estimate of drug-likeness (QED) is 0.662. The molecule has 0 heterocycles. The van der Waals surface area contributed by atoms with Gasteiger partial charge in [-0.05, 0) is 36.8 Å². The molecule has 0 amide bonds. The predicted molar refractivity (Wildman–Crippen MR) is 91.9 cm³/mol. The van der Waals surface area contributed by atoms with Gasteiger partial charge < -0.3 is 14.6 Å². The Bertz CT molecular complexity index is 790. The van der Waals surface area contributed by atoms with Gasteiger partial charge in [-0.2, -0.15) is 13.2 Å². The number of rotatable bonds is 6. The van der Waals surface area contributed by atoms with Crippen LogP contribution in [0.3, 0.4) is 0 Å². The number of alkyl halides is 3. The SMILES string of the molecule is CCOC(=O)Cc1cccc(Oc2ccc(Br)cc2CO)c1C(F)(F)F. The molecule has 0 aromatic heterocycles. The number of aliphatic hydroxyl groups is 1. The van der Waals surface area contributed by atoms with Crippen molar-refractivity contribution < 1.29 is 32.5 Å². The van der Waals surface area contributed by atoms with Crippen molar-refractivity contribution in [3.05, 3.63) is 57.6 Å². The summed E-state index contributed by atoms with van der Waals surface area (Å²) in [4.78, 5) is 11.6. The van der Waals surface area contributed by atoms with Crippen LogP contribution in [0.25, 0.3) is 0 Å². The summed E-state index contributed by atoms with van der Waals surface area (Å²) < 4.78 is 51.6. The summed E-state index contributed by atoms with van der Waals surface area (Å²) in [6, 6.07) is 8.33. The molecule has 140 valence electrons. The fourth-order valence-electron chi connectivity index (χ4n) is 2.39. The van der Waals surface area contributed by atoms with Crippen molar-refractivity contribution in [3.8, 4) is 11.5 Å². The van der Waals surface area contributed by atoms with Gasteiger partial charge in [0.15, 0.2) is 0 Å². The molecule has 0 bridgehead atoms. The van der Waals surface area contributed by atoms with Crippen LogP contribution in [0.2, 0.25) is 0 Å². The van der Waals surface area contributed by atoms with Crippen LogP contribution in [0.5, 0.6) is 11.5 Å². The van der Waals surface area contributed by atoms with Crippen LogP contribution < -0.4 is 4.74 Å². The van der Waals surface area contributed by atoms with E-state index in [0.29, 0.717) is 10.0 Å². The number of aliphatic hydroxyl groups excluding tert-OH is 1. The molecule has 0 aliphatic carbocycles. The van der Waals surface area contributed by atoms with Crippen molar-refractivity contribution in [1.29, 1.82) is 0 Å². The second-order valence-electron chi connectivity index (χ2n) is 5.28. The van der Waals surface area contributed by atoms with E-state index in [-0.39, 0.29) is 17.9 Å². The van der Waals surface area contributed by atoms with Crippen LogP contribution in [0.1, 0.15) is 23.6 Å². The van der Waals surface area contributed by atoms with Crippen molar-refractivity contribution in [2.45, 2.75) is 26.1 Å². The maximum Gasteiger partial charge on any atom is 0.420 e. The number of benzene rings is 2. The lowest BCUT2D eigenvalue weighted by molar-refractivity contribution is -0.143. The molecule has 8 heteroatoms. The van der Waals surface area contributed by atoms with Crippen molar-refractivity contribution in [2.24, 2.45) is 0 Å². The number of ether oxygens (including phenoxy) is 2. The Hall–Kier alpha value is -2.06. The van der Waals surface area contributed by atoms with Crippen LogP contribution in [0.4, 0.5) is 13.2 Å². The van der Waals surface area contributed by atoms with Gasteiger partial charge in [-0.25, -0.2) is 0 Å². The number of hydrogen-bond acceptors (Lipinski definition) is 4. The first-order valence-electron chi connectivity index (χ1n) is 7.68. The number of carbonyl (C=O) groups is 1. The Morgan fingerprint density at radius 2 is 1.88 bits per heavy atom. The normalized spacial score (nSPS) is 11.3. The molecule has 0 aliphatic rings. The van der Waals surface area contributed by atoms with E-state index in [1.54, 1.807) is 19.1 Å². The van der Waals surface area contributed by atoms with Gasteiger partial charge in [0, 0.05) is 10.0 Å². The van der Waals surface area contributed by atoms with E-state index in [1.165, 1.54) is 24.3 Å². The highest BCUT2D eigenvalue weighted by molar-refractivity contribution is 9.10. The highest BCUT2D eigenvalue weighted by atomic mass is 79.9. The van der Waals surface area contributed by atoms with Gasteiger partial charge in [0.25, 0.3) is 0 Å². The summed E-state index contributed by atoms with van der Waals surface area (Å²) in [5.41, 5.74) is -0.959. The molecule has 0 atom stereocenters. The molecule has 0 saturated heterocycles. The van der Waals surface area contributed by atoms with E-state index in [0.717, 1.165) is 0 Å². The maximum atomic E-state index is 13.6. The molecule has 0 unspecified atom stereocenters. The summed E-state index contributed by atoms with van der Waals surface area (Å²) in [6.07, 6.45) is -5.25. The fourth-order valence-corrected chi connectivity index (χ4v) is 2.80. The van der Waals surface area contributed by atoms with Gasteiger partial charge in [0.05, 0.1) is 19.6 Å². The number of hydrogen-bond donors (Lipinski definition) is 1. The molecule has 26 heavy (non-hydrogen) atoms. The highest BCUT2D eigenvalue weighted by Gasteiger charge is 2.38. The molecule has 2 aromatic rings. The third kappa shape index (κ3) is 4.98. The second kappa shape index (κ2) is 8.55. The summed E-state index contributed by atoms with van der Waals surface area (Å²) >= 11 is 3.22. The molecule has 0 saturated carbocycles. The Balaban J connectivity index is 2.47. The average molecular weight is 433 g/mol. The van der Waals surface area contributed by atoms with Gasteiger partial charge >= 0.3 is 12.1 Å². The van der Waals surface area contributed by atoms with Gasteiger partial charge in [-0.3, -0.25) is 4.79 Å². The van der Waals surface area contributed by atoms with Gasteiger partial charge in [-0.1, -0.05) is 28.1 Å². The van der Waals surface area contributed by atoms with Crippen molar-refractivity contribution in [3.63, 3.8) is 0 Å². The Labute approximate surface area is 156 Å². The molecule has 4 nitrogen and oxygen atoms in total. The zero-order chi connectivity index (χ0) is 19.3. The van der Waals surface area contributed by atoms with Crippen LogP contribution in [0, 0.1) is 0 Å². The minimum Gasteiger partial charge on any atom is -0.466 e. The molecule has 0 fully saturated rings. The Kier molecular flexibility index (Phi) is 6.66. The van der Waals surface area contributed by atoms with Gasteiger partial charge in [-0.15, -0.1) is 0 Å². The van der Waals surface area contributed by atoms with Crippen molar-refractivity contribution in [2.75, 3.05) is 6.61 Å². The Morgan fingerprint density at radius 1 is 1.15 bits per heavy atom. The van der Waals surface area contributed by atoms with Gasteiger partial charge in [0.1, 0.15) is 17.1 Å². The topological polar surface area (TPSA) is 55.8 Å². The zero-order valence-corrected chi connectivity index (χ0v) is 15.4. The van der Waals surface area contributed by atoms with E-state index < -0.39 is 36.5 Å². The standard InChI is InChI=1S/C18H16BrF3O4/c1-2-25-16(24)9-11-4-3-5-15(17(11)18(20,21)22)26-14-7-6-13(19)8-12(14)10-23/h3-8,23H,2,9-10H2,1H3. The summed E-state index contributed by atoms with van der Waals surface area (Å²) in [7, 11) is 0. The predicted octanol–water partition coefficient (Wildman–Crippen LogP) is 4.86. The average Bonchev–Trinajstić information content (AvgIpc) is 2.55. The summed E-state index contributed by atoms with van der Waals surface area (Å²) in [6.45, 7) is 1.25. The molecule has 0 aliphatic heterocycles. The number of carbonyl (C=O) groups excluding carboxylic acids is 1. The molecule has 0 spiro atoms. The molecular weight excluding hydrogens is 417 g/mol. The third-order valence-electron chi connectivity index (χ3n) is 3.45. The van der Waals surface area contributed by atoms with Crippen LogP contribution in [0.15, 0.2) is 40.9 Å². The van der Waals surface area contributed by atoms with E-state index in [2.05, 4.69) is 15.9 Å². The smallest absolute Gasteiger partial charge is 0.420 e. The molecule has 1 N–H and O–H groups in total. The van der Waals surface area contributed by atoms with E-state index in [1.807, 2.05) is 0 Å². The molecule has 2 aromatic carbocycles. The first kappa shape index (κ1) is 20.3. The lowest BCUT2D eigenvalue weighted by Gasteiger charge is -2.18. The van der Waals surface area contributed by atoms with E-state index in [4.69, 9.17) is 9.47 Å². The summed E-state index contributed by atoms with van der Waals surface area (Å²) in [5.74, 6) is -1.11. The lowest BCUT2D eigenvalue weighted by Crippen LogP contribution is -2.15. The summed E-state index contributed by atoms with van der Waals surface area (Å²) in [5, 5.41) is 9.40. The van der Waals surface area contributed by atoms with Crippen LogP contribution in [-0.4, -0.2) is 17.7 Å². The minimum atomic E-state index is -4.73. The van der Waals surface area contributed by atoms with E-state index in [9.17, 15) is 23.1 Å². The second-order valence-corrected chi connectivity index (χ2v) is 6.20. The Morgan fingerprint density at radius 3 is 2.50 bits per heavy atom. The first-order valence-corrected chi connectivity index (χ1v) is 8.47. The maximum absolute atomic E-state index is 13.6. The largest absolute Gasteiger partial charge is 0.466 e. The number of esters is 1. The van der Waals surface area contributed by atoms with Crippen LogP contribution in [-0.2, 0) is 28.7 Å². The monoisotopic (exact) mass is 432 g/mol. The fraction of sp³-hybridized carbons (Fsp3) is 0.278. The van der Waals surface area contributed by atoms with Crippen LogP contribution >= 0.6 is 15.9 Å². The number of halogens is 4. The molecular formula is C18H16BrF3O4. The molecule has 2 rings (SSSR count). The van der Waals surface area contributed by atoms with E-state index >= 15 is 0 Å². The lowest BCUT2D eigenvalue weighted by atomic mass is 10.0. The zero-order valence-electron chi connectivity index (χ0n) is 13.8. The molecule has 0 radical (unpaired) electrons. The van der Waals surface area contributed by atoms with Gasteiger partial charge in [0.2, 0.25) is 0 Å².